The molecule has 0 spiro atoms. The molecule has 0 aromatic carbocycles. The zero-order valence-corrected chi connectivity index (χ0v) is 25.7. The summed E-state index contributed by atoms with van der Waals surface area (Å²) in [6.07, 6.45) is 24.9. The van der Waals surface area contributed by atoms with Crippen molar-refractivity contribution in [2.75, 3.05) is 6.61 Å². The van der Waals surface area contributed by atoms with E-state index in [0.29, 0.717) is 16.9 Å². The van der Waals surface area contributed by atoms with E-state index in [1.54, 1.807) is 5.57 Å². The van der Waals surface area contributed by atoms with Crippen LogP contribution in [0.4, 0.5) is 0 Å². The maximum absolute atomic E-state index is 6.47. The van der Waals surface area contributed by atoms with Crippen molar-refractivity contribution in [1.29, 1.82) is 0 Å². The van der Waals surface area contributed by atoms with Crippen molar-refractivity contribution in [3.05, 3.63) is 29.9 Å². The topological polar surface area (TPSA) is 27.1 Å². The van der Waals surface area contributed by atoms with Crippen LogP contribution in [0.3, 0.4) is 0 Å². The molecule has 0 saturated heterocycles. The number of hydrogen-bond donors (Lipinski definition) is 0. The molecule has 214 valence electrons. The fraction of sp³-hybridized carbons (Fsp3) is 0.857. The van der Waals surface area contributed by atoms with Crippen molar-refractivity contribution in [2.24, 2.45) is 46.3 Å². The minimum Gasteiger partial charge on any atom is -0.378 e. The van der Waals surface area contributed by atoms with Crippen molar-refractivity contribution in [3.8, 4) is 0 Å². The van der Waals surface area contributed by atoms with Gasteiger partial charge in [-0.25, -0.2) is 4.98 Å². The van der Waals surface area contributed by atoms with Crippen LogP contribution in [-0.4, -0.2) is 22.3 Å². The van der Waals surface area contributed by atoms with Gasteiger partial charge in [0.25, 0.3) is 0 Å². The van der Waals surface area contributed by atoms with E-state index in [-0.39, 0.29) is 0 Å². The Balaban J connectivity index is 1.14. The molecular formula is C35H58N2O. The lowest BCUT2D eigenvalue weighted by Gasteiger charge is -2.58. The number of rotatable bonds is 11. The lowest BCUT2D eigenvalue weighted by Crippen LogP contribution is -2.51. The molecule has 4 aliphatic rings. The second-order valence-corrected chi connectivity index (χ2v) is 14.9. The van der Waals surface area contributed by atoms with Crippen LogP contribution in [0.25, 0.3) is 0 Å². The summed E-state index contributed by atoms with van der Waals surface area (Å²) in [5.41, 5.74) is 2.80. The van der Waals surface area contributed by atoms with Gasteiger partial charge in [-0.15, -0.1) is 0 Å². The second-order valence-electron chi connectivity index (χ2n) is 14.9. The number of nitrogens with zero attached hydrogens (tertiary/aromatic N) is 2. The molecule has 1 heterocycles. The molecule has 8 atom stereocenters. The Morgan fingerprint density at radius 3 is 2.61 bits per heavy atom. The molecule has 3 nitrogen and oxygen atoms in total. The van der Waals surface area contributed by atoms with E-state index in [1.807, 2.05) is 6.20 Å². The summed E-state index contributed by atoms with van der Waals surface area (Å²) < 4.78 is 8.72. The first-order valence-corrected chi connectivity index (χ1v) is 16.5. The summed E-state index contributed by atoms with van der Waals surface area (Å²) in [6.45, 7) is 16.8. The average Bonchev–Trinajstić information content (AvgIpc) is 3.45. The van der Waals surface area contributed by atoms with Crippen LogP contribution < -0.4 is 0 Å². The molecule has 0 amide bonds. The zero-order chi connectivity index (χ0) is 26.9. The quantitative estimate of drug-likeness (QED) is 0.214. The highest BCUT2D eigenvalue weighted by molar-refractivity contribution is 5.25. The van der Waals surface area contributed by atoms with E-state index in [0.717, 1.165) is 60.9 Å². The van der Waals surface area contributed by atoms with Crippen LogP contribution in [0.1, 0.15) is 124 Å². The monoisotopic (exact) mass is 522 g/mol. The number of imidazole rings is 1. The fourth-order valence-corrected chi connectivity index (χ4v) is 10.1. The maximum Gasteiger partial charge on any atom is 0.105 e. The Labute approximate surface area is 234 Å². The number of hydrogen-bond acceptors (Lipinski definition) is 2. The summed E-state index contributed by atoms with van der Waals surface area (Å²) in [5.74, 6) is 6.64. The molecule has 5 rings (SSSR count). The van der Waals surface area contributed by atoms with Gasteiger partial charge in [0, 0.05) is 25.5 Å². The van der Waals surface area contributed by atoms with Crippen molar-refractivity contribution < 1.29 is 4.74 Å². The predicted molar refractivity (Wildman–Crippen MR) is 159 cm³/mol. The van der Waals surface area contributed by atoms with Crippen LogP contribution in [0, 0.1) is 53.3 Å². The van der Waals surface area contributed by atoms with Crippen molar-refractivity contribution in [1.82, 2.24) is 9.55 Å². The number of aryl methyl sites for hydroxylation is 2. The predicted octanol–water partition coefficient (Wildman–Crippen LogP) is 9.40. The molecule has 5 unspecified atom stereocenters. The van der Waals surface area contributed by atoms with Crippen molar-refractivity contribution in [2.45, 2.75) is 138 Å². The SMILES string of the molecule is Cc1nccn1CCCCO[C@H]1CC[C@@]2(C)C(=CCC3C4CCC(C(C)CCCC(C)C)[C@@]4(C)CCC32)C1. The van der Waals surface area contributed by atoms with Gasteiger partial charge in [0.2, 0.25) is 0 Å². The van der Waals surface area contributed by atoms with Gasteiger partial charge in [0.1, 0.15) is 5.82 Å². The Hall–Kier alpha value is -1.09. The van der Waals surface area contributed by atoms with E-state index in [4.69, 9.17) is 4.74 Å². The third-order valence-electron chi connectivity index (χ3n) is 12.3. The molecule has 1 aromatic rings. The lowest BCUT2D eigenvalue weighted by atomic mass is 9.47. The number of fused-ring (bicyclic) bond motifs is 5. The Morgan fingerprint density at radius 1 is 1.00 bits per heavy atom. The largest absolute Gasteiger partial charge is 0.378 e. The summed E-state index contributed by atoms with van der Waals surface area (Å²) in [6, 6.07) is 0. The molecule has 3 heteroatoms. The van der Waals surface area contributed by atoms with Crippen molar-refractivity contribution >= 4 is 0 Å². The van der Waals surface area contributed by atoms with Gasteiger partial charge in [-0.1, -0.05) is 65.5 Å². The number of aromatic nitrogens is 2. The van der Waals surface area contributed by atoms with Gasteiger partial charge in [0.05, 0.1) is 6.10 Å². The summed E-state index contributed by atoms with van der Waals surface area (Å²) in [5, 5.41) is 0. The minimum atomic E-state index is 0.435. The first-order valence-electron chi connectivity index (χ1n) is 16.5. The van der Waals surface area contributed by atoms with Crippen LogP contribution >= 0.6 is 0 Å². The Morgan fingerprint density at radius 2 is 1.84 bits per heavy atom. The van der Waals surface area contributed by atoms with E-state index < -0.39 is 0 Å². The molecule has 1 aromatic heterocycles. The van der Waals surface area contributed by atoms with Gasteiger partial charge < -0.3 is 9.30 Å². The van der Waals surface area contributed by atoms with Gasteiger partial charge >= 0.3 is 0 Å². The fourth-order valence-electron chi connectivity index (χ4n) is 10.1. The molecule has 0 aliphatic heterocycles. The highest BCUT2D eigenvalue weighted by atomic mass is 16.5. The minimum absolute atomic E-state index is 0.435. The van der Waals surface area contributed by atoms with E-state index in [9.17, 15) is 0 Å². The zero-order valence-electron chi connectivity index (χ0n) is 25.7. The highest BCUT2D eigenvalue weighted by Crippen LogP contribution is 2.67. The van der Waals surface area contributed by atoms with E-state index in [2.05, 4.69) is 63.4 Å². The third kappa shape index (κ3) is 5.57. The van der Waals surface area contributed by atoms with Gasteiger partial charge in [-0.3, -0.25) is 0 Å². The molecule has 0 radical (unpaired) electrons. The number of ether oxygens (including phenoxy) is 1. The molecule has 3 fully saturated rings. The standard InChI is InChI=1S/C35H58N2O/c1-25(2)10-9-11-26(3)31-14-15-32-30-13-12-28-24-29(38-23-8-7-21-37-22-20-36-27(37)4)16-18-34(28,5)33(30)17-19-35(31,32)6/h12,20,22,25-26,29-33H,7-11,13-19,21,23-24H2,1-6H3/t26?,29-,30?,31?,32?,33?,34-,35+/m0/s1. The van der Waals surface area contributed by atoms with Crippen LogP contribution in [0.15, 0.2) is 24.0 Å². The molecule has 4 aliphatic carbocycles. The van der Waals surface area contributed by atoms with Gasteiger partial charge in [0.15, 0.2) is 0 Å². The van der Waals surface area contributed by atoms with Crippen LogP contribution in [0.2, 0.25) is 0 Å². The molecule has 38 heavy (non-hydrogen) atoms. The molecule has 0 bridgehead atoms. The molecule has 3 saturated carbocycles. The van der Waals surface area contributed by atoms with Crippen LogP contribution in [0.5, 0.6) is 0 Å². The lowest BCUT2D eigenvalue weighted by molar-refractivity contribution is -0.0641. The Kier molecular flexibility index (Phi) is 8.83. The smallest absolute Gasteiger partial charge is 0.105 e. The number of allylic oxidation sites excluding steroid dienone is 1. The normalized spacial score (nSPS) is 37.4. The highest BCUT2D eigenvalue weighted by Gasteiger charge is 2.59. The van der Waals surface area contributed by atoms with Gasteiger partial charge in [-0.2, -0.15) is 0 Å². The van der Waals surface area contributed by atoms with E-state index >= 15 is 0 Å². The third-order valence-corrected chi connectivity index (χ3v) is 12.3. The first kappa shape index (κ1) is 28.4. The van der Waals surface area contributed by atoms with Crippen molar-refractivity contribution in [3.63, 3.8) is 0 Å². The molecule has 0 N–H and O–H groups in total. The summed E-state index contributed by atoms with van der Waals surface area (Å²) >= 11 is 0. The summed E-state index contributed by atoms with van der Waals surface area (Å²) in [7, 11) is 0. The maximum atomic E-state index is 6.47. The van der Waals surface area contributed by atoms with E-state index in [1.165, 1.54) is 77.0 Å². The molecular weight excluding hydrogens is 464 g/mol. The van der Waals surface area contributed by atoms with Gasteiger partial charge in [-0.05, 0) is 117 Å². The Bertz CT molecular complexity index is 947. The average molecular weight is 523 g/mol. The number of unbranched alkanes of at least 4 members (excludes halogenated alkanes) is 1. The summed E-state index contributed by atoms with van der Waals surface area (Å²) in [4.78, 5) is 4.34. The van der Waals surface area contributed by atoms with Crippen LogP contribution in [-0.2, 0) is 11.3 Å². The first-order chi connectivity index (χ1) is 18.2. The second kappa shape index (κ2) is 11.8.